The molecule has 126 valence electrons. The summed E-state index contributed by atoms with van der Waals surface area (Å²) in [7, 11) is 0. The van der Waals surface area contributed by atoms with Gasteiger partial charge in [0.2, 0.25) is 0 Å². The topological polar surface area (TPSA) is 52.1 Å². The average Bonchev–Trinajstić information content (AvgIpc) is 2.89. The Morgan fingerprint density at radius 2 is 1.96 bits per heavy atom. The van der Waals surface area contributed by atoms with Gasteiger partial charge in [-0.25, -0.2) is 4.98 Å². The number of aliphatic hydroxyl groups excluding tert-OH is 1. The van der Waals surface area contributed by atoms with Crippen molar-refractivity contribution in [3.63, 3.8) is 0 Å². The highest BCUT2D eigenvalue weighted by Crippen LogP contribution is 2.28. The molecular formula is C16H20F3N3O. The summed E-state index contributed by atoms with van der Waals surface area (Å²) < 4.78 is 36.8. The van der Waals surface area contributed by atoms with E-state index in [4.69, 9.17) is 0 Å². The van der Waals surface area contributed by atoms with Crippen LogP contribution in [-0.4, -0.2) is 51.9 Å². The molecule has 0 spiro atoms. The van der Waals surface area contributed by atoms with Gasteiger partial charge in [-0.05, 0) is 38.1 Å². The van der Waals surface area contributed by atoms with Crippen LogP contribution >= 0.6 is 0 Å². The Labute approximate surface area is 132 Å². The van der Waals surface area contributed by atoms with Crippen LogP contribution in [0.15, 0.2) is 24.3 Å². The van der Waals surface area contributed by atoms with E-state index in [1.807, 2.05) is 29.2 Å². The number of aromatic nitrogens is 2. The maximum Gasteiger partial charge on any atom is 0.391 e. The third kappa shape index (κ3) is 4.23. The maximum absolute atomic E-state index is 12.3. The number of hydrogen-bond acceptors (Lipinski definition) is 3. The number of alkyl halides is 3. The second kappa shape index (κ2) is 6.49. The third-order valence-corrected chi connectivity index (χ3v) is 4.32. The minimum atomic E-state index is -4.31. The number of halogens is 3. The number of likely N-dealkylation sites (tertiary alicyclic amines) is 1. The Hall–Kier alpha value is -1.60. The SMILES string of the molecule is O[C@H](CN1CCC(c2nc3ccccc3[nH]2)CC1)CC(F)(F)F. The maximum atomic E-state index is 12.3. The van der Waals surface area contributed by atoms with Crippen LogP contribution in [0.2, 0.25) is 0 Å². The van der Waals surface area contributed by atoms with E-state index in [0.29, 0.717) is 19.0 Å². The molecule has 1 saturated heterocycles. The number of nitrogens with one attached hydrogen (secondary N) is 1. The molecule has 7 heteroatoms. The lowest BCUT2D eigenvalue weighted by Gasteiger charge is -2.32. The van der Waals surface area contributed by atoms with E-state index in [1.165, 1.54) is 0 Å². The van der Waals surface area contributed by atoms with Crippen molar-refractivity contribution in [3.8, 4) is 0 Å². The van der Waals surface area contributed by atoms with E-state index in [1.54, 1.807) is 0 Å². The minimum absolute atomic E-state index is 0.0758. The number of rotatable bonds is 4. The molecule has 2 aromatic rings. The van der Waals surface area contributed by atoms with Gasteiger partial charge in [-0.2, -0.15) is 13.2 Å². The number of β-amino-alcohol motifs (C(OH)–C–C–N with tert-alkyl or cyclic N) is 1. The first-order valence-corrected chi connectivity index (χ1v) is 7.82. The molecule has 0 bridgehead atoms. The van der Waals surface area contributed by atoms with E-state index in [9.17, 15) is 18.3 Å². The number of H-pyrrole nitrogens is 1. The second-order valence-corrected chi connectivity index (χ2v) is 6.19. The fourth-order valence-electron chi connectivity index (χ4n) is 3.18. The average molecular weight is 327 g/mol. The van der Waals surface area contributed by atoms with Gasteiger partial charge in [0.1, 0.15) is 5.82 Å². The molecule has 4 nitrogen and oxygen atoms in total. The predicted octanol–water partition coefficient (Wildman–Crippen LogP) is 3.06. The van der Waals surface area contributed by atoms with Crippen LogP contribution in [0.3, 0.4) is 0 Å². The number of hydrogen-bond donors (Lipinski definition) is 2. The van der Waals surface area contributed by atoms with Crippen LogP contribution in [-0.2, 0) is 0 Å². The Bertz CT molecular complexity index is 614. The Kier molecular flexibility index (Phi) is 4.59. The van der Waals surface area contributed by atoms with Crippen molar-refractivity contribution < 1.29 is 18.3 Å². The first-order valence-electron chi connectivity index (χ1n) is 7.82. The van der Waals surface area contributed by atoms with Crippen molar-refractivity contribution in [3.05, 3.63) is 30.1 Å². The van der Waals surface area contributed by atoms with Crippen molar-refractivity contribution in [2.24, 2.45) is 0 Å². The van der Waals surface area contributed by atoms with Crippen LogP contribution in [0, 0.1) is 0 Å². The number of fused-ring (bicyclic) bond motifs is 1. The van der Waals surface area contributed by atoms with Gasteiger partial charge in [0.05, 0.1) is 23.6 Å². The first-order chi connectivity index (χ1) is 10.9. The molecule has 23 heavy (non-hydrogen) atoms. The van der Waals surface area contributed by atoms with Crippen molar-refractivity contribution in [1.82, 2.24) is 14.9 Å². The van der Waals surface area contributed by atoms with Gasteiger partial charge in [-0.15, -0.1) is 0 Å². The molecule has 1 aromatic heterocycles. The minimum Gasteiger partial charge on any atom is -0.391 e. The van der Waals surface area contributed by atoms with Crippen LogP contribution in [0.5, 0.6) is 0 Å². The molecule has 0 amide bonds. The van der Waals surface area contributed by atoms with Crippen molar-refractivity contribution >= 4 is 11.0 Å². The van der Waals surface area contributed by atoms with E-state index < -0.39 is 18.7 Å². The van der Waals surface area contributed by atoms with E-state index >= 15 is 0 Å². The summed E-state index contributed by atoms with van der Waals surface area (Å²) in [6.07, 6.45) is -5.14. The zero-order valence-electron chi connectivity index (χ0n) is 12.7. The predicted molar refractivity (Wildman–Crippen MR) is 81.2 cm³/mol. The lowest BCUT2D eigenvalue weighted by atomic mass is 9.96. The lowest BCUT2D eigenvalue weighted by Crippen LogP contribution is -2.39. The van der Waals surface area contributed by atoms with Crippen LogP contribution in [0.4, 0.5) is 13.2 Å². The first kappa shape index (κ1) is 16.3. The smallest absolute Gasteiger partial charge is 0.391 e. The van der Waals surface area contributed by atoms with Crippen molar-refractivity contribution in [2.75, 3.05) is 19.6 Å². The highest BCUT2D eigenvalue weighted by atomic mass is 19.4. The van der Waals surface area contributed by atoms with Crippen LogP contribution in [0.25, 0.3) is 11.0 Å². The Balaban J connectivity index is 1.54. The van der Waals surface area contributed by atoms with Gasteiger partial charge in [-0.3, -0.25) is 0 Å². The van der Waals surface area contributed by atoms with Crippen molar-refractivity contribution in [1.29, 1.82) is 0 Å². The Morgan fingerprint density at radius 3 is 2.61 bits per heavy atom. The summed E-state index contributed by atoms with van der Waals surface area (Å²) >= 11 is 0. The zero-order chi connectivity index (χ0) is 16.4. The van der Waals surface area contributed by atoms with Crippen LogP contribution < -0.4 is 0 Å². The van der Waals surface area contributed by atoms with E-state index in [2.05, 4.69) is 9.97 Å². The molecule has 2 heterocycles. The second-order valence-electron chi connectivity index (χ2n) is 6.19. The quantitative estimate of drug-likeness (QED) is 0.907. The largest absolute Gasteiger partial charge is 0.391 e. The number of imidazole rings is 1. The molecule has 0 saturated carbocycles. The molecule has 0 radical (unpaired) electrons. The monoisotopic (exact) mass is 327 g/mol. The summed E-state index contributed by atoms with van der Waals surface area (Å²) in [5, 5.41) is 9.54. The zero-order valence-corrected chi connectivity index (χ0v) is 12.7. The summed E-state index contributed by atoms with van der Waals surface area (Å²) in [6, 6.07) is 7.83. The number of aromatic amines is 1. The normalized spacial score (nSPS) is 19.3. The molecule has 2 N–H and O–H groups in total. The standard InChI is InChI=1S/C16H20F3N3O/c17-16(18,19)9-12(23)10-22-7-5-11(6-8-22)15-20-13-3-1-2-4-14(13)21-15/h1-4,11-12,23H,5-10H2,(H,20,21)/t12-/m0/s1. The molecule has 3 rings (SSSR count). The lowest BCUT2D eigenvalue weighted by molar-refractivity contribution is -0.155. The molecule has 0 unspecified atom stereocenters. The third-order valence-electron chi connectivity index (χ3n) is 4.32. The summed E-state index contributed by atoms with van der Waals surface area (Å²) in [4.78, 5) is 9.82. The molecule has 1 atom stereocenters. The summed E-state index contributed by atoms with van der Waals surface area (Å²) in [6.45, 7) is 1.43. The molecule has 1 fully saturated rings. The number of benzene rings is 1. The van der Waals surface area contributed by atoms with Gasteiger partial charge in [0.15, 0.2) is 0 Å². The van der Waals surface area contributed by atoms with Gasteiger partial charge in [0.25, 0.3) is 0 Å². The summed E-state index contributed by atoms with van der Waals surface area (Å²) in [5.74, 6) is 1.24. The molecule has 0 aliphatic carbocycles. The van der Waals surface area contributed by atoms with Crippen LogP contribution in [0.1, 0.15) is 31.0 Å². The molecular weight excluding hydrogens is 307 g/mol. The number of para-hydroxylation sites is 2. The van der Waals surface area contributed by atoms with E-state index in [0.717, 1.165) is 29.7 Å². The van der Waals surface area contributed by atoms with Gasteiger partial charge >= 0.3 is 6.18 Å². The fraction of sp³-hybridized carbons (Fsp3) is 0.562. The molecule has 1 aliphatic rings. The van der Waals surface area contributed by atoms with Gasteiger partial charge in [0, 0.05) is 12.5 Å². The highest BCUT2D eigenvalue weighted by molar-refractivity contribution is 5.74. The molecule has 1 aromatic carbocycles. The highest BCUT2D eigenvalue weighted by Gasteiger charge is 2.32. The number of aliphatic hydroxyl groups is 1. The number of nitrogens with zero attached hydrogens (tertiary/aromatic N) is 2. The van der Waals surface area contributed by atoms with Crippen molar-refractivity contribution in [2.45, 2.75) is 37.5 Å². The number of piperidine rings is 1. The van der Waals surface area contributed by atoms with Gasteiger partial charge < -0.3 is 15.0 Å². The Morgan fingerprint density at radius 1 is 1.26 bits per heavy atom. The molecule has 1 aliphatic heterocycles. The van der Waals surface area contributed by atoms with Gasteiger partial charge in [-0.1, -0.05) is 12.1 Å². The fourth-order valence-corrected chi connectivity index (χ4v) is 3.18. The summed E-state index contributed by atoms with van der Waals surface area (Å²) in [5.41, 5.74) is 1.94. The van der Waals surface area contributed by atoms with E-state index in [-0.39, 0.29) is 6.54 Å².